The van der Waals surface area contributed by atoms with E-state index in [1.54, 1.807) is 6.92 Å². The van der Waals surface area contributed by atoms with Gasteiger partial charge in [-0.15, -0.1) is 11.6 Å². The molecule has 0 spiro atoms. The summed E-state index contributed by atoms with van der Waals surface area (Å²) in [6, 6.07) is 10.0. The van der Waals surface area contributed by atoms with Crippen molar-refractivity contribution in [3.05, 3.63) is 35.9 Å². The molecule has 22 heavy (non-hydrogen) atoms. The van der Waals surface area contributed by atoms with Crippen LogP contribution < -0.4 is 0 Å². The molecule has 3 atom stereocenters. The minimum atomic E-state index is -1.99. The van der Waals surface area contributed by atoms with Crippen LogP contribution in [0.25, 0.3) is 0 Å². The monoisotopic (exact) mass is 340 g/mol. The highest BCUT2D eigenvalue weighted by atomic mass is 35.5. The largest absolute Gasteiger partial charge is 0.409 e. The molecule has 1 aromatic carbocycles. The van der Waals surface area contributed by atoms with E-state index in [0.29, 0.717) is 0 Å². The zero-order chi connectivity index (χ0) is 17.1. The number of halogens is 1. The summed E-state index contributed by atoms with van der Waals surface area (Å²) < 4.78 is 6.58. The smallest absolute Gasteiger partial charge is 0.192 e. The Hall–Kier alpha value is -0.643. The van der Waals surface area contributed by atoms with Crippen molar-refractivity contribution < 1.29 is 9.22 Å². The minimum absolute atomic E-state index is 0.0363. The third-order valence-electron chi connectivity index (χ3n) is 4.65. The van der Waals surface area contributed by atoms with Crippen molar-refractivity contribution in [2.24, 2.45) is 5.92 Å². The Balaban J connectivity index is 3.16. The van der Waals surface area contributed by atoms with Gasteiger partial charge in [0.05, 0.1) is 11.5 Å². The van der Waals surface area contributed by atoms with Crippen molar-refractivity contribution in [1.82, 2.24) is 0 Å². The molecule has 1 rings (SSSR count). The maximum absolute atomic E-state index is 12.4. The quantitative estimate of drug-likeness (QED) is 0.499. The van der Waals surface area contributed by atoms with Gasteiger partial charge in [-0.05, 0) is 30.6 Å². The van der Waals surface area contributed by atoms with Crippen LogP contribution in [0, 0.1) is 5.92 Å². The SMILES string of the molecule is CC(Cl)C(=O)[C@H](C)[C@H](O[Si](C)(C)C(C)(C)C)c1ccccc1. The van der Waals surface area contributed by atoms with Crippen LogP contribution in [0.4, 0.5) is 0 Å². The van der Waals surface area contributed by atoms with E-state index < -0.39 is 13.7 Å². The van der Waals surface area contributed by atoms with Gasteiger partial charge in [-0.1, -0.05) is 58.0 Å². The third kappa shape index (κ3) is 4.67. The van der Waals surface area contributed by atoms with Crippen molar-refractivity contribution in [2.45, 2.75) is 64.2 Å². The first-order valence-corrected chi connectivity index (χ1v) is 11.2. The molecule has 124 valence electrons. The lowest BCUT2D eigenvalue weighted by atomic mass is 9.92. The van der Waals surface area contributed by atoms with Crippen LogP contribution in [0.1, 0.15) is 46.3 Å². The number of Topliss-reactive ketones (excluding diaryl/α,β-unsaturated/α-hetero) is 1. The Morgan fingerprint density at radius 1 is 1.14 bits per heavy atom. The molecule has 0 amide bonds. The van der Waals surface area contributed by atoms with Gasteiger partial charge >= 0.3 is 0 Å². The maximum Gasteiger partial charge on any atom is 0.192 e. The molecule has 2 nitrogen and oxygen atoms in total. The van der Waals surface area contributed by atoms with Crippen LogP contribution >= 0.6 is 11.6 Å². The first-order chi connectivity index (χ1) is 9.97. The first-order valence-electron chi connectivity index (χ1n) is 7.88. The Bertz CT molecular complexity index is 492. The van der Waals surface area contributed by atoms with Crippen LogP contribution in [0.2, 0.25) is 18.1 Å². The highest BCUT2D eigenvalue weighted by Crippen LogP contribution is 2.42. The molecular weight excluding hydrogens is 312 g/mol. The molecule has 0 aliphatic heterocycles. The molecule has 0 fully saturated rings. The lowest BCUT2D eigenvalue weighted by Gasteiger charge is -2.41. The standard InChI is InChI=1S/C18H29ClO2Si/c1-13(16(20)14(2)19)17(15-11-9-8-10-12-15)21-22(6,7)18(3,4)5/h8-14,17H,1-7H3/t13-,14?,17-/m0/s1. The predicted molar refractivity (Wildman–Crippen MR) is 97.0 cm³/mol. The van der Waals surface area contributed by atoms with Crippen LogP contribution in [0.15, 0.2) is 30.3 Å². The molecule has 0 saturated heterocycles. The van der Waals surface area contributed by atoms with Gasteiger partial charge in [0.1, 0.15) is 0 Å². The Labute approximate surface area is 141 Å². The number of hydrogen-bond donors (Lipinski definition) is 0. The van der Waals surface area contributed by atoms with E-state index in [0.717, 1.165) is 5.56 Å². The van der Waals surface area contributed by atoms with Crippen molar-refractivity contribution in [3.63, 3.8) is 0 Å². The number of carbonyl (C=O) groups is 1. The van der Waals surface area contributed by atoms with E-state index in [4.69, 9.17) is 16.0 Å². The van der Waals surface area contributed by atoms with Gasteiger partial charge in [0, 0.05) is 5.92 Å². The molecule has 0 aromatic heterocycles. The van der Waals surface area contributed by atoms with E-state index in [1.807, 2.05) is 37.3 Å². The van der Waals surface area contributed by atoms with Gasteiger partial charge in [-0.3, -0.25) is 4.79 Å². The number of rotatable bonds is 6. The molecule has 0 saturated carbocycles. The van der Waals surface area contributed by atoms with E-state index in [1.165, 1.54) is 0 Å². The first kappa shape index (κ1) is 19.4. The Morgan fingerprint density at radius 2 is 1.64 bits per heavy atom. The molecule has 4 heteroatoms. The van der Waals surface area contributed by atoms with Crippen molar-refractivity contribution in [1.29, 1.82) is 0 Å². The van der Waals surface area contributed by atoms with Gasteiger partial charge in [0.2, 0.25) is 0 Å². The lowest BCUT2D eigenvalue weighted by molar-refractivity contribution is -0.124. The van der Waals surface area contributed by atoms with E-state index in [9.17, 15) is 4.79 Å². The fourth-order valence-corrected chi connectivity index (χ4v) is 3.63. The van der Waals surface area contributed by atoms with Crippen LogP contribution in [0.3, 0.4) is 0 Å². The second-order valence-electron chi connectivity index (χ2n) is 7.52. The van der Waals surface area contributed by atoms with E-state index in [-0.39, 0.29) is 22.8 Å². The number of alkyl halides is 1. The zero-order valence-corrected chi connectivity index (χ0v) is 16.6. The van der Waals surface area contributed by atoms with Gasteiger partial charge in [-0.2, -0.15) is 0 Å². The van der Waals surface area contributed by atoms with E-state index >= 15 is 0 Å². The molecule has 0 heterocycles. The molecule has 0 aliphatic carbocycles. The summed E-state index contributed by atoms with van der Waals surface area (Å²) in [5, 5.41) is -0.403. The molecular formula is C18H29ClO2Si. The van der Waals surface area contributed by atoms with Gasteiger partial charge in [-0.25, -0.2) is 0 Å². The lowest BCUT2D eigenvalue weighted by Crippen LogP contribution is -2.44. The summed E-state index contributed by atoms with van der Waals surface area (Å²) in [5.41, 5.74) is 1.05. The van der Waals surface area contributed by atoms with Crippen molar-refractivity contribution in [3.8, 4) is 0 Å². The summed E-state index contributed by atoms with van der Waals surface area (Å²) in [6.45, 7) is 14.7. The number of benzene rings is 1. The third-order valence-corrected chi connectivity index (χ3v) is 9.32. The fourth-order valence-electron chi connectivity index (χ4n) is 2.11. The molecule has 0 aliphatic rings. The number of ketones is 1. The van der Waals surface area contributed by atoms with Crippen LogP contribution in [-0.4, -0.2) is 19.5 Å². The summed E-state index contributed by atoms with van der Waals surface area (Å²) in [5.74, 6) is -0.224. The second-order valence-corrected chi connectivity index (χ2v) is 12.9. The molecule has 0 radical (unpaired) electrons. The fraction of sp³-hybridized carbons (Fsp3) is 0.611. The van der Waals surface area contributed by atoms with Gasteiger partial charge in [0.25, 0.3) is 0 Å². The van der Waals surface area contributed by atoms with Crippen LogP contribution in [0.5, 0.6) is 0 Å². The number of hydrogen-bond acceptors (Lipinski definition) is 2. The second kappa shape index (κ2) is 7.29. The predicted octanol–water partition coefficient (Wildman–Crippen LogP) is 5.58. The highest BCUT2D eigenvalue weighted by molar-refractivity contribution is 6.74. The Kier molecular flexibility index (Phi) is 6.43. The zero-order valence-electron chi connectivity index (χ0n) is 14.8. The summed E-state index contributed by atoms with van der Waals surface area (Å²) >= 11 is 6.02. The average molecular weight is 341 g/mol. The number of carbonyl (C=O) groups excluding carboxylic acids is 1. The van der Waals surface area contributed by atoms with Crippen molar-refractivity contribution >= 4 is 25.7 Å². The maximum atomic E-state index is 12.4. The topological polar surface area (TPSA) is 26.3 Å². The summed E-state index contributed by atoms with van der Waals surface area (Å²) in [4.78, 5) is 12.4. The van der Waals surface area contributed by atoms with E-state index in [2.05, 4.69) is 33.9 Å². The van der Waals surface area contributed by atoms with Crippen molar-refractivity contribution in [2.75, 3.05) is 0 Å². The van der Waals surface area contributed by atoms with Gasteiger partial charge in [0.15, 0.2) is 14.1 Å². The average Bonchev–Trinajstić information content (AvgIpc) is 2.42. The van der Waals surface area contributed by atoms with Crippen LogP contribution in [-0.2, 0) is 9.22 Å². The molecule has 0 N–H and O–H groups in total. The molecule has 0 bridgehead atoms. The normalized spacial score (nSPS) is 16.9. The summed E-state index contributed by atoms with van der Waals surface area (Å²) in [7, 11) is -1.99. The summed E-state index contributed by atoms with van der Waals surface area (Å²) in [6.07, 6.45) is -0.240. The molecule has 1 aromatic rings. The minimum Gasteiger partial charge on any atom is -0.409 e. The molecule has 1 unspecified atom stereocenters. The van der Waals surface area contributed by atoms with Gasteiger partial charge < -0.3 is 4.43 Å². The Morgan fingerprint density at radius 3 is 2.05 bits per heavy atom. The highest BCUT2D eigenvalue weighted by Gasteiger charge is 2.41.